The Balaban J connectivity index is 2.55. The van der Waals surface area contributed by atoms with Gasteiger partial charge in [-0.25, -0.2) is 4.98 Å². The zero-order chi connectivity index (χ0) is 17.1. The van der Waals surface area contributed by atoms with Crippen LogP contribution in [0.5, 0.6) is 17.2 Å². The molecule has 0 amide bonds. The van der Waals surface area contributed by atoms with Crippen molar-refractivity contribution >= 4 is 17.6 Å². The largest absolute Gasteiger partial charge is 0.496 e. The van der Waals surface area contributed by atoms with Gasteiger partial charge < -0.3 is 26.7 Å². The van der Waals surface area contributed by atoms with Crippen LogP contribution in [0.3, 0.4) is 0 Å². The number of hydrogen-bond acceptors (Lipinski definition) is 7. The van der Waals surface area contributed by atoms with Crippen molar-refractivity contribution in [2.75, 3.05) is 18.6 Å². The molecule has 0 unspecified atom stereocenters. The van der Waals surface area contributed by atoms with Crippen LogP contribution in [0.25, 0.3) is 0 Å². The fraction of sp³-hybridized carbons (Fsp3) is 0.267. The van der Waals surface area contributed by atoms with E-state index in [0.717, 1.165) is 5.56 Å². The van der Waals surface area contributed by atoms with Crippen molar-refractivity contribution in [1.82, 2.24) is 9.97 Å². The van der Waals surface area contributed by atoms with E-state index < -0.39 is 0 Å². The molecule has 0 saturated heterocycles. The maximum absolute atomic E-state index is 7.68. The first-order chi connectivity index (χ1) is 10.8. The summed E-state index contributed by atoms with van der Waals surface area (Å²) >= 11 is 0. The van der Waals surface area contributed by atoms with Gasteiger partial charge in [-0.1, -0.05) is 13.8 Å². The quantitative estimate of drug-likeness (QED) is 0.486. The van der Waals surface area contributed by atoms with E-state index in [9.17, 15) is 0 Å². The van der Waals surface area contributed by atoms with Gasteiger partial charge in [0.05, 0.1) is 18.9 Å². The van der Waals surface area contributed by atoms with E-state index in [2.05, 4.69) is 9.97 Å². The van der Waals surface area contributed by atoms with Crippen LogP contribution in [0.4, 0.5) is 11.8 Å². The smallest absolute Gasteiger partial charge is 0.222 e. The highest BCUT2D eigenvalue weighted by Gasteiger charge is 2.17. The van der Waals surface area contributed by atoms with E-state index in [-0.39, 0.29) is 29.3 Å². The molecular weight excluding hydrogens is 296 g/mol. The van der Waals surface area contributed by atoms with E-state index in [4.69, 9.17) is 32.1 Å². The van der Waals surface area contributed by atoms with Crippen molar-refractivity contribution < 1.29 is 9.47 Å². The van der Waals surface area contributed by atoms with Crippen LogP contribution in [-0.2, 0) is 0 Å². The first-order valence-electron chi connectivity index (χ1n) is 6.95. The lowest BCUT2D eigenvalue weighted by atomic mass is 9.99. The summed E-state index contributed by atoms with van der Waals surface area (Å²) < 4.78 is 11.1. The molecule has 1 heterocycles. The van der Waals surface area contributed by atoms with E-state index in [0.29, 0.717) is 17.1 Å². The zero-order valence-corrected chi connectivity index (χ0v) is 13.3. The predicted molar refractivity (Wildman–Crippen MR) is 89.0 cm³/mol. The second kappa shape index (κ2) is 6.39. The number of methoxy groups -OCH3 is 1. The minimum absolute atomic E-state index is 0.0677. The van der Waals surface area contributed by atoms with Gasteiger partial charge in [0.15, 0.2) is 11.6 Å². The summed E-state index contributed by atoms with van der Waals surface area (Å²) in [5.74, 6) is 1.52. The van der Waals surface area contributed by atoms with E-state index in [1.807, 2.05) is 13.8 Å². The van der Waals surface area contributed by atoms with Crippen molar-refractivity contribution in [1.29, 1.82) is 5.41 Å². The standard InChI is InChI=1S/C15H20N6O2/c1-7(2)8-4-10(22-3)9(13(16)17)5-11(8)23-12-6-20-15(19)21-14(12)18/h4-7H,1-3H3,(H3,16,17)(H4,18,19,20,21). The van der Waals surface area contributed by atoms with Crippen LogP contribution >= 0.6 is 0 Å². The Morgan fingerprint density at radius 1 is 1.17 bits per heavy atom. The third kappa shape index (κ3) is 3.42. The third-order valence-electron chi connectivity index (χ3n) is 3.27. The lowest BCUT2D eigenvalue weighted by Crippen LogP contribution is -2.13. The molecule has 23 heavy (non-hydrogen) atoms. The average Bonchev–Trinajstić information content (AvgIpc) is 2.49. The molecule has 0 saturated carbocycles. The summed E-state index contributed by atoms with van der Waals surface area (Å²) in [7, 11) is 1.53. The van der Waals surface area contributed by atoms with Gasteiger partial charge >= 0.3 is 0 Å². The van der Waals surface area contributed by atoms with Crippen LogP contribution in [-0.4, -0.2) is 22.9 Å². The van der Waals surface area contributed by atoms with Gasteiger partial charge in [-0.05, 0) is 18.1 Å². The molecule has 8 nitrogen and oxygen atoms in total. The van der Waals surface area contributed by atoms with Crippen molar-refractivity contribution in [2.24, 2.45) is 5.73 Å². The van der Waals surface area contributed by atoms with Crippen molar-refractivity contribution in [3.63, 3.8) is 0 Å². The topological polar surface area (TPSA) is 146 Å². The zero-order valence-electron chi connectivity index (χ0n) is 13.3. The molecule has 1 aromatic carbocycles. The Kier molecular flexibility index (Phi) is 4.54. The summed E-state index contributed by atoms with van der Waals surface area (Å²) in [6, 6.07) is 3.44. The summed E-state index contributed by atoms with van der Waals surface area (Å²) in [5, 5.41) is 7.68. The summed E-state index contributed by atoms with van der Waals surface area (Å²) in [6.45, 7) is 4.02. The molecule has 0 aliphatic heterocycles. The van der Waals surface area contributed by atoms with Crippen molar-refractivity contribution in [3.8, 4) is 17.2 Å². The number of aromatic nitrogens is 2. The molecule has 0 bridgehead atoms. The van der Waals surface area contributed by atoms with Gasteiger partial charge in [0.2, 0.25) is 5.95 Å². The highest BCUT2D eigenvalue weighted by molar-refractivity contribution is 5.98. The van der Waals surface area contributed by atoms with Crippen LogP contribution in [0.1, 0.15) is 30.9 Å². The summed E-state index contributed by atoms with van der Waals surface area (Å²) in [6.07, 6.45) is 1.40. The van der Waals surface area contributed by atoms with Crippen LogP contribution in [0, 0.1) is 5.41 Å². The van der Waals surface area contributed by atoms with Gasteiger partial charge in [0.25, 0.3) is 0 Å². The molecule has 0 spiro atoms. The Bertz CT molecular complexity index is 745. The highest BCUT2D eigenvalue weighted by atomic mass is 16.5. The Morgan fingerprint density at radius 3 is 2.39 bits per heavy atom. The molecule has 7 N–H and O–H groups in total. The molecular formula is C15H20N6O2. The first-order valence-corrected chi connectivity index (χ1v) is 6.95. The van der Waals surface area contributed by atoms with Gasteiger partial charge in [-0.15, -0.1) is 0 Å². The molecule has 2 rings (SSSR count). The summed E-state index contributed by atoms with van der Waals surface area (Å²) in [5.41, 5.74) is 18.2. The van der Waals surface area contributed by atoms with Gasteiger partial charge in [-0.3, -0.25) is 5.41 Å². The van der Waals surface area contributed by atoms with Gasteiger partial charge in [0.1, 0.15) is 17.3 Å². The maximum Gasteiger partial charge on any atom is 0.222 e. The number of nitrogens with zero attached hydrogens (tertiary/aromatic N) is 2. The second-order valence-corrected chi connectivity index (χ2v) is 5.24. The predicted octanol–water partition coefficient (Wildman–Crippen LogP) is 1.85. The Hall–Kier alpha value is -3.03. The SMILES string of the molecule is COc1cc(C(C)C)c(Oc2cnc(N)nc2N)cc1C(=N)N. The number of rotatable bonds is 5. The van der Waals surface area contributed by atoms with Gasteiger partial charge in [0, 0.05) is 5.56 Å². The second-order valence-electron chi connectivity index (χ2n) is 5.24. The number of nitrogen functional groups attached to an aromatic ring is 3. The molecule has 2 aromatic rings. The minimum Gasteiger partial charge on any atom is -0.496 e. The molecule has 0 fully saturated rings. The highest BCUT2D eigenvalue weighted by Crippen LogP contribution is 2.37. The molecule has 0 radical (unpaired) electrons. The Morgan fingerprint density at radius 2 is 1.87 bits per heavy atom. The average molecular weight is 316 g/mol. The van der Waals surface area contributed by atoms with Crippen LogP contribution in [0.15, 0.2) is 18.3 Å². The molecule has 8 heteroatoms. The van der Waals surface area contributed by atoms with E-state index >= 15 is 0 Å². The first kappa shape index (κ1) is 16.3. The van der Waals surface area contributed by atoms with Crippen molar-refractivity contribution in [2.45, 2.75) is 19.8 Å². The maximum atomic E-state index is 7.68. The fourth-order valence-electron chi connectivity index (χ4n) is 2.09. The van der Waals surface area contributed by atoms with Crippen LogP contribution < -0.4 is 26.7 Å². The summed E-state index contributed by atoms with van der Waals surface area (Å²) in [4.78, 5) is 7.74. The molecule has 122 valence electrons. The number of hydrogen-bond donors (Lipinski definition) is 4. The van der Waals surface area contributed by atoms with Crippen LogP contribution in [0.2, 0.25) is 0 Å². The third-order valence-corrected chi connectivity index (χ3v) is 3.27. The molecule has 1 aromatic heterocycles. The van der Waals surface area contributed by atoms with Gasteiger partial charge in [-0.2, -0.15) is 4.98 Å². The van der Waals surface area contributed by atoms with Crippen molar-refractivity contribution in [3.05, 3.63) is 29.5 Å². The lowest BCUT2D eigenvalue weighted by Gasteiger charge is -2.18. The van der Waals surface area contributed by atoms with E-state index in [1.165, 1.54) is 13.3 Å². The molecule has 0 atom stereocenters. The normalized spacial score (nSPS) is 10.6. The number of ether oxygens (including phenoxy) is 2. The Labute approximate surface area is 134 Å². The molecule has 0 aliphatic rings. The number of benzene rings is 1. The van der Waals surface area contributed by atoms with E-state index in [1.54, 1.807) is 12.1 Å². The number of nitrogens with two attached hydrogens (primary N) is 3. The number of nitrogens with one attached hydrogen (secondary N) is 1. The number of anilines is 2. The monoisotopic (exact) mass is 316 g/mol. The molecule has 0 aliphatic carbocycles. The lowest BCUT2D eigenvalue weighted by molar-refractivity contribution is 0.410. The minimum atomic E-state index is -0.122. The number of amidine groups is 1. The fourth-order valence-corrected chi connectivity index (χ4v) is 2.09.